The van der Waals surface area contributed by atoms with Gasteiger partial charge in [-0.15, -0.1) is 0 Å². The summed E-state index contributed by atoms with van der Waals surface area (Å²) in [7, 11) is 0. The normalized spacial score (nSPS) is 11.4. The maximum absolute atomic E-state index is 14.4. The number of halogens is 1. The van der Waals surface area contributed by atoms with Gasteiger partial charge in [-0.1, -0.05) is 48.5 Å². The summed E-state index contributed by atoms with van der Waals surface area (Å²) in [5.74, 6) is 0.191. The van der Waals surface area contributed by atoms with Crippen molar-refractivity contribution in [1.82, 2.24) is 35.5 Å². The van der Waals surface area contributed by atoms with Gasteiger partial charge >= 0.3 is 0 Å². The van der Waals surface area contributed by atoms with Gasteiger partial charge in [-0.05, 0) is 52.6 Å². The van der Waals surface area contributed by atoms with E-state index >= 15 is 0 Å². The van der Waals surface area contributed by atoms with Crippen molar-refractivity contribution in [1.29, 1.82) is 0 Å². The minimum Gasteiger partial charge on any atom is -0.337 e. The van der Waals surface area contributed by atoms with Crippen LogP contribution in [0.3, 0.4) is 0 Å². The van der Waals surface area contributed by atoms with Gasteiger partial charge in [-0.2, -0.15) is 5.10 Å². The highest BCUT2D eigenvalue weighted by Crippen LogP contribution is 2.33. The molecule has 0 fully saturated rings. The van der Waals surface area contributed by atoms with E-state index in [0.717, 1.165) is 46.0 Å². The lowest BCUT2D eigenvalue weighted by molar-refractivity contribution is -0.107. The van der Waals surface area contributed by atoms with Crippen LogP contribution in [0.25, 0.3) is 55.8 Å². The number of carbonyl (C=O) groups is 1. The van der Waals surface area contributed by atoms with Crippen LogP contribution in [0.15, 0.2) is 97.5 Å². The van der Waals surface area contributed by atoms with E-state index in [1.807, 2.05) is 60.9 Å². The fourth-order valence-corrected chi connectivity index (χ4v) is 5.33. The molecule has 0 amide bonds. The first kappa shape index (κ1) is 26.4. The summed E-state index contributed by atoms with van der Waals surface area (Å²) in [6, 6.07) is 24.8. The summed E-state index contributed by atoms with van der Waals surface area (Å²) in [6.45, 7) is 1.46. The predicted octanol–water partition coefficient (Wildman–Crippen LogP) is 6.40. The molecule has 0 atom stereocenters. The highest BCUT2D eigenvalue weighted by atomic mass is 19.1. The summed E-state index contributed by atoms with van der Waals surface area (Å²) in [5.41, 5.74) is 8.93. The molecule has 0 aliphatic heterocycles. The van der Waals surface area contributed by atoms with Crippen LogP contribution < -0.4 is 5.32 Å². The van der Waals surface area contributed by atoms with Crippen molar-refractivity contribution in [2.45, 2.75) is 19.5 Å². The minimum absolute atomic E-state index is 0.143. The van der Waals surface area contributed by atoms with Gasteiger partial charge in [-0.3, -0.25) is 10.1 Å². The van der Waals surface area contributed by atoms with Gasteiger partial charge in [0, 0.05) is 54.8 Å². The van der Waals surface area contributed by atoms with Crippen molar-refractivity contribution in [3.05, 3.63) is 120 Å². The molecule has 0 aliphatic rings. The molecule has 9 heteroatoms. The molecule has 43 heavy (non-hydrogen) atoms. The molecular formula is C34H26FN7O. The van der Waals surface area contributed by atoms with Crippen LogP contribution in [-0.2, 0) is 24.3 Å². The molecule has 8 nitrogen and oxygen atoms in total. The Bertz CT molecular complexity index is 2080. The standard InChI is InChI=1S/C34H26FN7O/c35-27-13-22(9-10-43)11-24(14-27)28-7-4-8-30-31(28)40-34(39-30)32-29-15-26(20-38-33(29)42-41-32)25-12-23(18-37-19-25)17-36-16-21-5-2-1-3-6-21/h1-8,10-15,18-20,36H,9,16-17H2,(H,39,40)(H,38,41,42). The maximum Gasteiger partial charge on any atom is 0.181 e. The van der Waals surface area contributed by atoms with Crippen molar-refractivity contribution < 1.29 is 9.18 Å². The molecule has 0 spiro atoms. The summed E-state index contributed by atoms with van der Waals surface area (Å²) in [4.78, 5) is 28.4. The summed E-state index contributed by atoms with van der Waals surface area (Å²) in [5, 5.41) is 11.8. The van der Waals surface area contributed by atoms with Crippen molar-refractivity contribution >= 4 is 28.4 Å². The molecule has 0 unspecified atom stereocenters. The third-order valence-electron chi connectivity index (χ3n) is 7.38. The lowest BCUT2D eigenvalue weighted by Crippen LogP contribution is -2.12. The molecule has 7 aromatic rings. The third kappa shape index (κ3) is 5.41. The van der Waals surface area contributed by atoms with Gasteiger partial charge in [-0.25, -0.2) is 14.4 Å². The Morgan fingerprint density at radius 1 is 0.814 bits per heavy atom. The zero-order valence-electron chi connectivity index (χ0n) is 23.0. The van der Waals surface area contributed by atoms with Crippen LogP contribution in [0.1, 0.15) is 16.7 Å². The zero-order valence-corrected chi connectivity index (χ0v) is 23.0. The molecule has 0 saturated carbocycles. The molecule has 3 N–H and O–H groups in total. The number of fused-ring (bicyclic) bond motifs is 2. The number of aldehydes is 1. The second-order valence-electron chi connectivity index (χ2n) is 10.4. The van der Waals surface area contributed by atoms with Gasteiger partial charge in [0.2, 0.25) is 0 Å². The number of H-pyrrole nitrogens is 2. The van der Waals surface area contributed by atoms with Crippen molar-refractivity contribution in [3.8, 4) is 33.8 Å². The van der Waals surface area contributed by atoms with Crippen molar-refractivity contribution in [2.75, 3.05) is 0 Å². The topological polar surface area (TPSA) is 112 Å². The van der Waals surface area contributed by atoms with E-state index in [0.29, 0.717) is 40.4 Å². The summed E-state index contributed by atoms with van der Waals surface area (Å²) < 4.78 is 14.4. The fraction of sp³-hybridized carbons (Fsp3) is 0.0882. The quantitative estimate of drug-likeness (QED) is 0.174. The van der Waals surface area contributed by atoms with E-state index in [1.165, 1.54) is 17.7 Å². The van der Waals surface area contributed by atoms with E-state index in [4.69, 9.17) is 4.98 Å². The number of rotatable bonds is 9. The number of hydrogen-bond donors (Lipinski definition) is 3. The molecule has 0 bridgehead atoms. The van der Waals surface area contributed by atoms with E-state index < -0.39 is 5.82 Å². The number of aromatic amines is 2. The maximum atomic E-state index is 14.4. The van der Waals surface area contributed by atoms with Crippen molar-refractivity contribution in [3.63, 3.8) is 0 Å². The monoisotopic (exact) mass is 567 g/mol. The first-order valence-corrected chi connectivity index (χ1v) is 13.9. The SMILES string of the molecule is O=CCc1cc(F)cc(-c2cccc3[nH]c(-c4[nH]nc5ncc(-c6cncc(CNCc7ccccc7)c6)cc45)nc23)c1. The molecule has 7 rings (SSSR count). The highest BCUT2D eigenvalue weighted by molar-refractivity contribution is 5.97. The molecule has 210 valence electrons. The highest BCUT2D eigenvalue weighted by Gasteiger charge is 2.17. The number of hydrogen-bond acceptors (Lipinski definition) is 6. The van der Waals surface area contributed by atoms with Crippen LogP contribution in [0.4, 0.5) is 4.39 Å². The van der Waals surface area contributed by atoms with Gasteiger partial charge in [0.15, 0.2) is 11.5 Å². The van der Waals surface area contributed by atoms with Crippen molar-refractivity contribution in [2.24, 2.45) is 0 Å². The lowest BCUT2D eigenvalue weighted by Gasteiger charge is -2.07. The number of aromatic nitrogens is 6. The minimum atomic E-state index is -0.397. The molecule has 4 aromatic heterocycles. The van der Waals surface area contributed by atoms with Gasteiger partial charge in [0.1, 0.15) is 17.8 Å². The number of carbonyl (C=O) groups excluding carboxylic acids is 1. The molecule has 3 aromatic carbocycles. The second kappa shape index (κ2) is 11.4. The fourth-order valence-electron chi connectivity index (χ4n) is 5.33. The average Bonchev–Trinajstić information content (AvgIpc) is 3.65. The predicted molar refractivity (Wildman–Crippen MR) is 164 cm³/mol. The van der Waals surface area contributed by atoms with E-state index in [2.05, 4.69) is 48.7 Å². The summed E-state index contributed by atoms with van der Waals surface area (Å²) >= 11 is 0. The van der Waals surface area contributed by atoms with Crippen LogP contribution in [0.2, 0.25) is 0 Å². The van der Waals surface area contributed by atoms with Gasteiger partial charge in [0.05, 0.1) is 16.4 Å². The average molecular weight is 568 g/mol. The number of pyridine rings is 2. The number of benzene rings is 3. The van der Waals surface area contributed by atoms with Gasteiger partial charge in [0.25, 0.3) is 0 Å². The lowest BCUT2D eigenvalue weighted by atomic mass is 10.0. The Kier molecular flexibility index (Phi) is 6.98. The van der Waals surface area contributed by atoms with Crippen LogP contribution in [0, 0.1) is 5.82 Å². The summed E-state index contributed by atoms with van der Waals surface area (Å²) in [6.07, 6.45) is 6.40. The van der Waals surface area contributed by atoms with E-state index in [1.54, 1.807) is 6.20 Å². The van der Waals surface area contributed by atoms with E-state index in [9.17, 15) is 9.18 Å². The Morgan fingerprint density at radius 2 is 1.65 bits per heavy atom. The zero-order chi connectivity index (χ0) is 29.2. The Balaban J connectivity index is 1.20. The van der Waals surface area contributed by atoms with Crippen LogP contribution >= 0.6 is 0 Å². The molecule has 4 heterocycles. The van der Waals surface area contributed by atoms with Crippen LogP contribution in [0.5, 0.6) is 0 Å². The first-order valence-electron chi connectivity index (χ1n) is 13.9. The molecule has 0 radical (unpaired) electrons. The molecule has 0 aliphatic carbocycles. The number of imidazole rings is 1. The molecular weight excluding hydrogens is 541 g/mol. The largest absolute Gasteiger partial charge is 0.337 e. The molecule has 0 saturated heterocycles. The second-order valence-corrected chi connectivity index (χ2v) is 10.4. The Labute approximate surface area is 246 Å². The Morgan fingerprint density at radius 3 is 2.53 bits per heavy atom. The number of nitrogens with zero attached hydrogens (tertiary/aromatic N) is 4. The van der Waals surface area contributed by atoms with E-state index in [-0.39, 0.29) is 6.42 Å². The first-order chi connectivity index (χ1) is 21.1. The van der Waals surface area contributed by atoms with Gasteiger partial charge < -0.3 is 15.1 Å². The smallest absolute Gasteiger partial charge is 0.181 e. The third-order valence-corrected chi connectivity index (χ3v) is 7.38. The number of para-hydroxylation sites is 1. The van der Waals surface area contributed by atoms with Crippen LogP contribution in [-0.4, -0.2) is 36.4 Å². The Hall–Kier alpha value is -5.54. The number of nitrogens with one attached hydrogen (secondary N) is 3.